The van der Waals surface area contributed by atoms with Gasteiger partial charge in [0.25, 0.3) is 5.91 Å². The standard InChI is InChI=1S/C21H26N2O4/c1-27-18(24)12-22-19(25)16-2-4-17(5-3-16)23-20(26)21-9-13-6-14(10-21)8-15(7-13)11-21/h2-5,13-15H,6-12H2,1H3,(H,22,25)(H,23,26). The van der Waals surface area contributed by atoms with Crippen LogP contribution >= 0.6 is 0 Å². The van der Waals surface area contributed by atoms with Gasteiger partial charge in [0.1, 0.15) is 6.54 Å². The normalized spacial score (nSPS) is 30.6. The molecule has 27 heavy (non-hydrogen) atoms. The van der Waals surface area contributed by atoms with Crippen LogP contribution in [0.4, 0.5) is 5.69 Å². The molecule has 6 heteroatoms. The van der Waals surface area contributed by atoms with Crippen LogP contribution in [0.5, 0.6) is 0 Å². The van der Waals surface area contributed by atoms with E-state index in [0.717, 1.165) is 37.0 Å². The van der Waals surface area contributed by atoms with E-state index < -0.39 is 5.97 Å². The number of hydrogen-bond donors (Lipinski definition) is 2. The SMILES string of the molecule is COC(=O)CNC(=O)c1ccc(NC(=O)C23CC4CC(CC(C4)C2)C3)cc1. The van der Waals surface area contributed by atoms with E-state index in [4.69, 9.17) is 0 Å². The van der Waals surface area contributed by atoms with Crippen LogP contribution in [-0.2, 0) is 14.3 Å². The van der Waals surface area contributed by atoms with Crippen LogP contribution in [0.3, 0.4) is 0 Å². The fourth-order valence-corrected chi connectivity index (χ4v) is 5.68. The van der Waals surface area contributed by atoms with E-state index in [1.165, 1.54) is 26.4 Å². The maximum absolute atomic E-state index is 13.1. The van der Waals surface area contributed by atoms with Crippen molar-refractivity contribution in [1.82, 2.24) is 5.32 Å². The van der Waals surface area contributed by atoms with Gasteiger partial charge in [0.2, 0.25) is 5.91 Å². The molecular formula is C21H26N2O4. The first-order chi connectivity index (χ1) is 13.0. The fraction of sp³-hybridized carbons (Fsp3) is 0.571. The summed E-state index contributed by atoms with van der Waals surface area (Å²) in [6, 6.07) is 6.79. The summed E-state index contributed by atoms with van der Waals surface area (Å²) >= 11 is 0. The number of esters is 1. The number of hydrogen-bond acceptors (Lipinski definition) is 4. The predicted octanol–water partition coefficient (Wildman–Crippen LogP) is 2.74. The largest absolute Gasteiger partial charge is 0.468 e. The summed E-state index contributed by atoms with van der Waals surface area (Å²) in [7, 11) is 1.27. The molecule has 2 amide bonds. The molecule has 0 aliphatic heterocycles. The van der Waals surface area contributed by atoms with Gasteiger partial charge in [-0.3, -0.25) is 14.4 Å². The summed E-state index contributed by atoms with van der Waals surface area (Å²) in [6.07, 6.45) is 7.00. The van der Waals surface area contributed by atoms with Crippen LogP contribution in [-0.4, -0.2) is 31.4 Å². The molecule has 1 aromatic carbocycles. The van der Waals surface area contributed by atoms with E-state index in [-0.39, 0.29) is 23.8 Å². The predicted molar refractivity (Wildman–Crippen MR) is 100 cm³/mol. The number of methoxy groups -OCH3 is 1. The molecule has 0 radical (unpaired) electrons. The van der Waals surface area contributed by atoms with Crippen molar-refractivity contribution in [2.75, 3.05) is 19.0 Å². The molecule has 0 heterocycles. The second-order valence-corrected chi connectivity index (χ2v) is 8.49. The Morgan fingerprint density at radius 2 is 1.56 bits per heavy atom. The Kier molecular flexibility index (Phi) is 4.66. The van der Waals surface area contributed by atoms with Gasteiger partial charge in [-0.25, -0.2) is 0 Å². The van der Waals surface area contributed by atoms with Gasteiger partial charge >= 0.3 is 5.97 Å². The van der Waals surface area contributed by atoms with Crippen molar-refractivity contribution in [3.05, 3.63) is 29.8 Å². The van der Waals surface area contributed by atoms with Gasteiger partial charge < -0.3 is 15.4 Å². The van der Waals surface area contributed by atoms with Crippen LogP contribution in [0.1, 0.15) is 48.9 Å². The van der Waals surface area contributed by atoms with Crippen molar-refractivity contribution in [3.63, 3.8) is 0 Å². The Bertz CT molecular complexity index is 721. The second kappa shape index (κ2) is 6.98. The average Bonchev–Trinajstić information content (AvgIpc) is 2.65. The molecule has 4 aliphatic rings. The Balaban J connectivity index is 1.38. The van der Waals surface area contributed by atoms with Crippen LogP contribution in [0, 0.1) is 23.2 Å². The average molecular weight is 370 g/mol. The van der Waals surface area contributed by atoms with Crippen molar-refractivity contribution in [2.45, 2.75) is 38.5 Å². The maximum Gasteiger partial charge on any atom is 0.325 e. The third kappa shape index (κ3) is 3.57. The summed E-state index contributed by atoms with van der Waals surface area (Å²) in [4.78, 5) is 36.2. The maximum atomic E-state index is 13.1. The third-order valence-corrected chi connectivity index (χ3v) is 6.55. The number of nitrogens with one attached hydrogen (secondary N) is 2. The molecule has 0 spiro atoms. The molecule has 144 valence electrons. The molecule has 0 atom stereocenters. The number of benzene rings is 1. The molecule has 2 N–H and O–H groups in total. The molecule has 4 aliphatic carbocycles. The number of anilines is 1. The van der Waals surface area contributed by atoms with Crippen LogP contribution in [0.2, 0.25) is 0 Å². The molecule has 0 saturated heterocycles. The van der Waals surface area contributed by atoms with Crippen LogP contribution < -0.4 is 10.6 Å². The minimum absolute atomic E-state index is 0.143. The molecule has 4 saturated carbocycles. The second-order valence-electron chi connectivity index (χ2n) is 8.49. The number of amides is 2. The van der Waals surface area contributed by atoms with Crippen LogP contribution in [0.25, 0.3) is 0 Å². The summed E-state index contributed by atoms with van der Waals surface area (Å²) < 4.78 is 4.50. The first-order valence-electron chi connectivity index (χ1n) is 9.74. The lowest BCUT2D eigenvalue weighted by Crippen LogP contribution is -2.51. The molecule has 0 unspecified atom stereocenters. The first-order valence-corrected chi connectivity index (χ1v) is 9.74. The molecule has 4 fully saturated rings. The zero-order valence-electron chi connectivity index (χ0n) is 15.6. The lowest BCUT2D eigenvalue weighted by Gasteiger charge is -2.55. The summed E-state index contributed by atoms with van der Waals surface area (Å²) in [5.74, 6) is 1.47. The number of carbonyl (C=O) groups excluding carboxylic acids is 3. The number of ether oxygens (including phenoxy) is 1. The van der Waals surface area contributed by atoms with Gasteiger partial charge in [0, 0.05) is 11.3 Å². The third-order valence-electron chi connectivity index (χ3n) is 6.55. The molecular weight excluding hydrogens is 344 g/mol. The highest BCUT2D eigenvalue weighted by atomic mass is 16.5. The highest BCUT2D eigenvalue weighted by molar-refractivity contribution is 5.98. The van der Waals surface area contributed by atoms with Crippen LogP contribution in [0.15, 0.2) is 24.3 Å². The zero-order valence-corrected chi connectivity index (χ0v) is 15.6. The highest BCUT2D eigenvalue weighted by Gasteiger charge is 2.54. The molecule has 1 aromatic rings. The Labute approximate surface area is 159 Å². The van der Waals surface area contributed by atoms with Crippen molar-refractivity contribution < 1.29 is 19.1 Å². The van der Waals surface area contributed by atoms with Gasteiger partial charge in [0.15, 0.2) is 0 Å². The Hall–Kier alpha value is -2.37. The molecule has 5 rings (SSSR count). The summed E-state index contributed by atoms with van der Waals surface area (Å²) in [6.45, 7) is -0.167. The monoisotopic (exact) mass is 370 g/mol. The summed E-state index contributed by atoms with van der Waals surface area (Å²) in [5, 5.41) is 5.58. The minimum atomic E-state index is -0.497. The van der Waals surface area contributed by atoms with E-state index >= 15 is 0 Å². The lowest BCUT2D eigenvalue weighted by molar-refractivity contribution is -0.140. The van der Waals surface area contributed by atoms with E-state index in [1.807, 2.05) is 0 Å². The number of rotatable bonds is 5. The van der Waals surface area contributed by atoms with Crippen molar-refractivity contribution in [3.8, 4) is 0 Å². The minimum Gasteiger partial charge on any atom is -0.468 e. The van der Waals surface area contributed by atoms with Gasteiger partial charge in [-0.1, -0.05) is 0 Å². The van der Waals surface area contributed by atoms with Crippen molar-refractivity contribution >= 4 is 23.5 Å². The van der Waals surface area contributed by atoms with E-state index in [1.54, 1.807) is 24.3 Å². The lowest BCUT2D eigenvalue weighted by atomic mass is 9.49. The van der Waals surface area contributed by atoms with Gasteiger partial charge in [-0.05, 0) is 80.5 Å². The van der Waals surface area contributed by atoms with Gasteiger partial charge in [0.05, 0.1) is 12.5 Å². The molecule has 4 bridgehead atoms. The Morgan fingerprint density at radius 1 is 1.00 bits per heavy atom. The molecule has 6 nitrogen and oxygen atoms in total. The highest BCUT2D eigenvalue weighted by Crippen LogP contribution is 2.60. The van der Waals surface area contributed by atoms with E-state index in [9.17, 15) is 14.4 Å². The van der Waals surface area contributed by atoms with Gasteiger partial charge in [-0.2, -0.15) is 0 Å². The zero-order chi connectivity index (χ0) is 19.0. The van der Waals surface area contributed by atoms with Crippen molar-refractivity contribution in [1.29, 1.82) is 0 Å². The smallest absolute Gasteiger partial charge is 0.325 e. The van der Waals surface area contributed by atoms with E-state index in [0.29, 0.717) is 11.3 Å². The fourth-order valence-electron chi connectivity index (χ4n) is 5.68. The topological polar surface area (TPSA) is 84.5 Å². The van der Waals surface area contributed by atoms with Gasteiger partial charge in [-0.15, -0.1) is 0 Å². The first kappa shape index (κ1) is 18.0. The van der Waals surface area contributed by atoms with Crippen molar-refractivity contribution in [2.24, 2.45) is 23.2 Å². The summed E-state index contributed by atoms with van der Waals surface area (Å²) in [5.41, 5.74) is 0.956. The molecule has 0 aromatic heterocycles. The Morgan fingerprint density at radius 3 is 2.07 bits per heavy atom. The van der Waals surface area contributed by atoms with E-state index in [2.05, 4.69) is 15.4 Å². The number of carbonyl (C=O) groups is 3. The quantitative estimate of drug-likeness (QED) is 0.781.